The number of imide groups is 1. The van der Waals surface area contributed by atoms with E-state index in [2.05, 4.69) is 30.8 Å². The number of aromatic nitrogens is 8. The number of nitrogens with two attached hydrogens (primary N) is 3. The number of nitrogen functional groups attached to an aromatic ring is 2. The second-order valence-corrected chi connectivity index (χ2v) is 17.4. The number of nitrogens with zero attached hydrogens (tertiary/aromatic N) is 8. The van der Waals surface area contributed by atoms with Crippen molar-refractivity contribution in [2.75, 3.05) is 11.5 Å². The van der Waals surface area contributed by atoms with E-state index in [9.17, 15) is 19.5 Å². The average molecular weight is 898 g/mol. The van der Waals surface area contributed by atoms with E-state index < -0.39 is 23.1 Å². The molecule has 2 saturated carbocycles. The molecule has 2 aromatic carbocycles. The smallest absolute Gasteiger partial charge is 0.323 e. The molecule has 3 aliphatic rings. The summed E-state index contributed by atoms with van der Waals surface area (Å²) in [5, 5.41) is 23.4. The summed E-state index contributed by atoms with van der Waals surface area (Å²) in [6.07, 6.45) is 11.9. The Morgan fingerprint density at radius 2 is 1.07 bits per heavy atom. The summed E-state index contributed by atoms with van der Waals surface area (Å²) in [6.45, 7) is 0. The molecule has 17 heteroatoms. The Kier molecular flexibility index (Phi) is 11.7. The molecule has 3 fully saturated rings. The molecule has 340 valence electrons. The second-order valence-electron chi connectivity index (χ2n) is 17.4. The predicted molar refractivity (Wildman–Crippen MR) is 255 cm³/mol. The highest BCUT2D eigenvalue weighted by Gasteiger charge is 2.48. The Labute approximate surface area is 385 Å². The van der Waals surface area contributed by atoms with Gasteiger partial charge in [0.1, 0.15) is 22.7 Å². The van der Waals surface area contributed by atoms with Crippen LogP contribution in [-0.4, -0.2) is 73.3 Å². The number of rotatable bonds is 7. The predicted octanol–water partition coefficient (Wildman–Crippen LogP) is 7.39. The first-order valence-corrected chi connectivity index (χ1v) is 21.9. The monoisotopic (exact) mass is 897 g/mol. The van der Waals surface area contributed by atoms with Crippen molar-refractivity contribution in [2.45, 2.75) is 81.7 Å². The van der Waals surface area contributed by atoms with E-state index in [1.165, 1.54) is 0 Å². The van der Waals surface area contributed by atoms with Gasteiger partial charge >= 0.3 is 12.0 Å². The molecule has 8 aromatic rings. The fourth-order valence-electron chi connectivity index (χ4n) is 9.43. The zero-order chi connectivity index (χ0) is 45.6. The molecule has 0 radical (unpaired) electrons. The first kappa shape index (κ1) is 44.2. The van der Waals surface area contributed by atoms with Crippen molar-refractivity contribution in [3.8, 4) is 44.8 Å². The number of amides is 3. The van der Waals surface area contributed by atoms with Crippen molar-refractivity contribution in [1.82, 2.24) is 49.8 Å². The Morgan fingerprint density at radius 3 is 1.46 bits per heavy atom. The molecule has 2 aliphatic carbocycles. The molecule has 0 unspecified atom stereocenters. The normalized spacial score (nSPS) is 21.3. The highest BCUT2D eigenvalue weighted by atomic mass is 16.4. The minimum absolute atomic E-state index is 0. The highest BCUT2D eigenvalue weighted by Crippen LogP contribution is 2.41. The minimum Gasteiger partial charge on any atom is -0.480 e. The highest BCUT2D eigenvalue weighted by molar-refractivity contribution is 6.07. The van der Waals surface area contributed by atoms with E-state index in [1.807, 2.05) is 109 Å². The quantitative estimate of drug-likeness (QED) is 0.0854. The fraction of sp³-hybridized carbons (Fsp3) is 0.260. The SMILES string of the molecule is C.Nc1cc(C2CCC(N)(C(=O)O)CC2)nc2c(-c3ccc(-c4ccccc4)nc3)cnn12.Nc1cc(C2CCC3(CC2)NC(=O)NC3=O)nc2c(-c3ccc(-c4ccccc4)nc3)cnn12. The number of benzene rings is 2. The van der Waals surface area contributed by atoms with E-state index in [0.717, 1.165) is 69.0 Å². The second kappa shape index (κ2) is 17.7. The molecule has 67 heavy (non-hydrogen) atoms. The van der Waals surface area contributed by atoms with Crippen LogP contribution in [0.25, 0.3) is 56.1 Å². The van der Waals surface area contributed by atoms with Crippen LogP contribution in [0, 0.1) is 0 Å². The van der Waals surface area contributed by atoms with Crippen LogP contribution >= 0.6 is 0 Å². The van der Waals surface area contributed by atoms with E-state index in [-0.39, 0.29) is 25.2 Å². The van der Waals surface area contributed by atoms with E-state index in [4.69, 9.17) is 27.2 Å². The van der Waals surface area contributed by atoms with E-state index in [1.54, 1.807) is 21.4 Å². The Hall–Kier alpha value is -8.05. The summed E-state index contributed by atoms with van der Waals surface area (Å²) in [6, 6.07) is 31.3. The molecule has 9 N–H and O–H groups in total. The molecule has 17 nitrogen and oxygen atoms in total. The molecular weight excluding hydrogens is 847 g/mol. The van der Waals surface area contributed by atoms with Crippen molar-refractivity contribution in [1.29, 1.82) is 0 Å². The zero-order valence-electron chi connectivity index (χ0n) is 35.8. The maximum absolute atomic E-state index is 12.3. The minimum atomic E-state index is -1.15. The number of hydrogen-bond donors (Lipinski definition) is 6. The molecule has 1 spiro atoms. The number of carbonyl (C=O) groups is 3. The molecule has 0 atom stereocenters. The third kappa shape index (κ3) is 8.40. The van der Waals surface area contributed by atoms with Gasteiger partial charge in [0, 0.05) is 81.1 Å². The lowest BCUT2D eigenvalue weighted by Crippen LogP contribution is -2.50. The number of aliphatic carboxylic acids is 1. The standard InChI is InChI=1S/C25H23N7O2.C24H24N6O2.CH4/c26-21-12-20(16-8-10-25(11-9-16)23(33)30-24(34)31-25)29-22-18(14-28-32(21)22)17-6-7-19(27-13-17)15-4-2-1-3-5-15;25-21-12-20(16-8-10-24(26,11-9-16)23(31)32)29-22-18(14-28-30(21)22)17-6-7-19(27-13-17)15-4-2-1-3-5-15;/h1-7,12-14,16H,8-11,26H2,(H2,30,31,33,34);1-7,12-14,16H,8-11,25-26H2,(H,31,32);1H4. The van der Waals surface area contributed by atoms with Crippen molar-refractivity contribution in [3.63, 3.8) is 0 Å². The van der Waals surface area contributed by atoms with Gasteiger partial charge in [-0.15, -0.1) is 0 Å². The van der Waals surface area contributed by atoms with E-state index >= 15 is 0 Å². The molecule has 7 heterocycles. The van der Waals surface area contributed by atoms with Gasteiger partial charge in [0.25, 0.3) is 5.91 Å². The zero-order valence-corrected chi connectivity index (χ0v) is 35.8. The van der Waals surface area contributed by atoms with Crippen molar-refractivity contribution < 1.29 is 19.5 Å². The first-order chi connectivity index (χ1) is 32.0. The number of anilines is 2. The molecule has 6 aromatic heterocycles. The van der Waals surface area contributed by atoms with Gasteiger partial charge in [-0.1, -0.05) is 80.2 Å². The Bertz CT molecular complexity index is 3100. The summed E-state index contributed by atoms with van der Waals surface area (Å²) in [4.78, 5) is 54.4. The topological polar surface area (TPSA) is 260 Å². The lowest BCUT2D eigenvalue weighted by atomic mass is 9.75. The van der Waals surface area contributed by atoms with Gasteiger partial charge in [-0.3, -0.25) is 24.9 Å². The summed E-state index contributed by atoms with van der Waals surface area (Å²) < 4.78 is 3.26. The summed E-state index contributed by atoms with van der Waals surface area (Å²) in [5.74, 6) is 0.0799. The molecule has 0 bridgehead atoms. The van der Waals surface area contributed by atoms with Gasteiger partial charge in [0.05, 0.1) is 23.8 Å². The Morgan fingerprint density at radius 1 is 0.627 bits per heavy atom. The summed E-state index contributed by atoms with van der Waals surface area (Å²) >= 11 is 0. The van der Waals surface area contributed by atoms with Gasteiger partial charge in [-0.05, 0) is 63.5 Å². The lowest BCUT2D eigenvalue weighted by Gasteiger charge is -2.34. The maximum atomic E-state index is 12.3. The van der Waals surface area contributed by atoms with Crippen LogP contribution in [0.3, 0.4) is 0 Å². The summed E-state index contributed by atoms with van der Waals surface area (Å²) in [5.41, 5.74) is 27.2. The van der Waals surface area contributed by atoms with Gasteiger partial charge in [-0.2, -0.15) is 19.2 Å². The fourth-order valence-corrected chi connectivity index (χ4v) is 9.43. The van der Waals surface area contributed by atoms with Gasteiger partial charge in [-0.25, -0.2) is 14.8 Å². The largest absolute Gasteiger partial charge is 0.480 e. The number of nitrogens with one attached hydrogen (secondary N) is 2. The molecule has 11 rings (SSSR count). The van der Waals surface area contributed by atoms with Crippen LogP contribution in [0.15, 0.2) is 122 Å². The van der Waals surface area contributed by atoms with Crippen LogP contribution in [0.2, 0.25) is 0 Å². The van der Waals surface area contributed by atoms with Crippen LogP contribution in [-0.2, 0) is 9.59 Å². The van der Waals surface area contributed by atoms with Crippen LogP contribution in [0.5, 0.6) is 0 Å². The average Bonchev–Trinajstić information content (AvgIpc) is 4.05. The number of carboxylic acids is 1. The van der Waals surface area contributed by atoms with Crippen LogP contribution < -0.4 is 27.8 Å². The lowest BCUT2D eigenvalue weighted by molar-refractivity contribution is -0.144. The number of pyridine rings is 2. The third-order valence-electron chi connectivity index (χ3n) is 13.3. The molecule has 3 amide bonds. The number of carbonyl (C=O) groups excluding carboxylic acids is 2. The Balaban J connectivity index is 0.000000166. The number of urea groups is 1. The molecule has 1 aliphatic heterocycles. The van der Waals surface area contributed by atoms with Crippen molar-refractivity contribution in [2.24, 2.45) is 5.73 Å². The maximum Gasteiger partial charge on any atom is 0.323 e. The van der Waals surface area contributed by atoms with Gasteiger partial charge in [0.15, 0.2) is 11.3 Å². The van der Waals surface area contributed by atoms with Crippen molar-refractivity contribution in [3.05, 3.63) is 133 Å². The molecular formula is C50H51N13O4. The third-order valence-corrected chi connectivity index (χ3v) is 13.3. The number of fused-ring (bicyclic) bond motifs is 2. The van der Waals surface area contributed by atoms with Crippen LogP contribution in [0.1, 0.15) is 82.0 Å². The van der Waals surface area contributed by atoms with E-state index in [0.29, 0.717) is 61.5 Å². The van der Waals surface area contributed by atoms with Gasteiger partial charge < -0.3 is 27.6 Å². The first-order valence-electron chi connectivity index (χ1n) is 21.9. The number of hydrogen-bond acceptors (Lipinski definition) is 12. The molecule has 1 saturated heterocycles. The van der Waals surface area contributed by atoms with Gasteiger partial charge in [0.2, 0.25) is 0 Å². The van der Waals surface area contributed by atoms with Crippen LogP contribution in [0.4, 0.5) is 16.4 Å². The summed E-state index contributed by atoms with van der Waals surface area (Å²) in [7, 11) is 0. The number of carboxylic acid groups (broad SMARTS) is 1. The van der Waals surface area contributed by atoms with Crippen molar-refractivity contribution >= 4 is 40.8 Å².